The first-order valence-corrected chi connectivity index (χ1v) is 8.57. The van der Waals surface area contributed by atoms with E-state index in [-0.39, 0.29) is 17.6 Å². The van der Waals surface area contributed by atoms with Crippen LogP contribution in [0, 0.1) is 5.82 Å². The summed E-state index contributed by atoms with van der Waals surface area (Å²) in [5.74, 6) is 0.215. The minimum Gasteiger partial charge on any atom is -0.207 e. The number of rotatable bonds is 5. The van der Waals surface area contributed by atoms with E-state index >= 15 is 0 Å². The third kappa shape index (κ3) is 3.73. The normalized spacial score (nSPS) is 11.7. The molecular weight excluding hydrogens is 397 g/mol. The number of halogens is 5. The van der Waals surface area contributed by atoms with Crippen LogP contribution in [0.5, 0.6) is 0 Å². The Labute approximate surface area is 147 Å². The highest BCUT2D eigenvalue weighted by atomic mass is 79.9. The van der Waals surface area contributed by atoms with Crippen molar-refractivity contribution < 1.29 is 4.39 Å². The Balaban J connectivity index is 2.48. The second-order valence-electron chi connectivity index (χ2n) is 4.93. The lowest BCUT2D eigenvalue weighted by atomic mass is 9.78. The molecule has 0 nitrogen and oxygen atoms in total. The molecule has 0 bridgehead atoms. The van der Waals surface area contributed by atoms with Gasteiger partial charge in [-0.2, -0.15) is 0 Å². The fourth-order valence-electron chi connectivity index (χ4n) is 2.24. The molecule has 0 heterocycles. The van der Waals surface area contributed by atoms with E-state index in [1.54, 1.807) is 12.1 Å². The summed E-state index contributed by atoms with van der Waals surface area (Å²) in [4.78, 5) is 0. The molecule has 0 aliphatic rings. The maximum atomic E-state index is 14.1. The lowest BCUT2D eigenvalue weighted by Crippen LogP contribution is -2.33. The second kappa shape index (κ2) is 7.32. The van der Waals surface area contributed by atoms with Gasteiger partial charge in [0.15, 0.2) is 0 Å². The Bertz CT molecular complexity index is 606. The molecule has 5 heteroatoms. The molecule has 0 spiro atoms. The summed E-state index contributed by atoms with van der Waals surface area (Å²) in [5.41, 5.74) is 0.834. The van der Waals surface area contributed by atoms with E-state index in [0.717, 1.165) is 10.0 Å². The van der Waals surface area contributed by atoms with Gasteiger partial charge in [-0.3, -0.25) is 0 Å². The Morgan fingerprint density at radius 1 is 1.05 bits per heavy atom. The van der Waals surface area contributed by atoms with Crippen LogP contribution in [0.25, 0.3) is 0 Å². The summed E-state index contributed by atoms with van der Waals surface area (Å²) in [6.45, 7) is 0. The van der Waals surface area contributed by atoms with Gasteiger partial charge in [-0.05, 0) is 36.2 Å². The molecule has 0 aliphatic carbocycles. The summed E-state index contributed by atoms with van der Waals surface area (Å²) in [6.07, 6.45) is 0.349. The number of hydrogen-bond donors (Lipinski definition) is 0. The van der Waals surface area contributed by atoms with Gasteiger partial charge in [-0.15, -0.1) is 23.2 Å². The van der Waals surface area contributed by atoms with Crippen molar-refractivity contribution in [2.24, 2.45) is 0 Å². The topological polar surface area (TPSA) is 0 Å². The largest absolute Gasteiger partial charge is 0.207 e. The zero-order valence-electron chi connectivity index (χ0n) is 11.1. The molecule has 0 radical (unpaired) electrons. The van der Waals surface area contributed by atoms with Gasteiger partial charge in [0.25, 0.3) is 0 Å². The molecule has 2 aromatic carbocycles. The summed E-state index contributed by atoms with van der Waals surface area (Å²) >= 11 is 22.0. The van der Waals surface area contributed by atoms with E-state index in [9.17, 15) is 4.39 Å². The third-order valence-corrected chi connectivity index (χ3v) is 5.40. The van der Waals surface area contributed by atoms with Crippen LogP contribution in [0.3, 0.4) is 0 Å². The van der Waals surface area contributed by atoms with Crippen molar-refractivity contribution in [1.82, 2.24) is 0 Å². The number of benzene rings is 2. The Morgan fingerprint density at radius 3 is 2.29 bits per heavy atom. The van der Waals surface area contributed by atoms with Crippen molar-refractivity contribution in [2.45, 2.75) is 11.8 Å². The van der Waals surface area contributed by atoms with Crippen LogP contribution in [0.1, 0.15) is 11.1 Å². The van der Waals surface area contributed by atoms with Gasteiger partial charge in [0.1, 0.15) is 5.82 Å². The molecule has 0 fully saturated rings. The van der Waals surface area contributed by atoms with E-state index in [1.165, 1.54) is 6.07 Å². The first-order chi connectivity index (χ1) is 10.0. The van der Waals surface area contributed by atoms with Crippen LogP contribution < -0.4 is 0 Å². The summed E-state index contributed by atoms with van der Waals surface area (Å²) < 4.78 is 15.0. The Morgan fingerprint density at radius 2 is 1.71 bits per heavy atom. The monoisotopic (exact) mass is 408 g/mol. The molecule has 2 rings (SSSR count). The van der Waals surface area contributed by atoms with E-state index < -0.39 is 5.41 Å². The summed E-state index contributed by atoms with van der Waals surface area (Å²) in [6, 6.07) is 12.4. The predicted molar refractivity (Wildman–Crippen MR) is 92.4 cm³/mol. The lowest BCUT2D eigenvalue weighted by molar-refractivity contribution is 0.512. The van der Waals surface area contributed by atoms with Gasteiger partial charge in [0, 0.05) is 32.2 Å². The number of alkyl halides is 2. The SMILES string of the molecule is Fc1cccc(Cl)c1CC(CCl)(CCl)c1cccc(Br)c1. The van der Waals surface area contributed by atoms with Crippen molar-refractivity contribution in [3.63, 3.8) is 0 Å². The fourth-order valence-corrected chi connectivity index (χ4v) is 3.66. The fraction of sp³-hybridized carbons (Fsp3) is 0.250. The quantitative estimate of drug-likeness (QED) is 0.515. The smallest absolute Gasteiger partial charge is 0.127 e. The van der Waals surface area contributed by atoms with E-state index in [4.69, 9.17) is 34.8 Å². The van der Waals surface area contributed by atoms with Crippen molar-refractivity contribution >= 4 is 50.7 Å². The van der Waals surface area contributed by atoms with Crippen molar-refractivity contribution in [3.05, 3.63) is 68.9 Å². The average molecular weight is 411 g/mol. The van der Waals surface area contributed by atoms with Gasteiger partial charge >= 0.3 is 0 Å². The molecule has 0 unspecified atom stereocenters. The molecule has 0 saturated carbocycles. The highest BCUT2D eigenvalue weighted by molar-refractivity contribution is 9.10. The zero-order chi connectivity index (χ0) is 15.5. The highest BCUT2D eigenvalue weighted by Gasteiger charge is 2.33. The molecule has 2 aromatic rings. The Kier molecular flexibility index (Phi) is 5.96. The van der Waals surface area contributed by atoms with Crippen molar-refractivity contribution in [2.75, 3.05) is 11.8 Å². The molecule has 21 heavy (non-hydrogen) atoms. The standard InChI is InChI=1S/C16H13BrCl3F/c17-12-4-1-3-11(7-12)16(9-18,10-19)8-13-14(20)5-2-6-15(13)21/h1-7H,8-10H2. The maximum absolute atomic E-state index is 14.1. The van der Waals surface area contributed by atoms with Gasteiger partial charge < -0.3 is 0 Å². The third-order valence-electron chi connectivity index (χ3n) is 3.53. The first-order valence-electron chi connectivity index (χ1n) is 6.33. The zero-order valence-corrected chi connectivity index (χ0v) is 14.9. The molecule has 112 valence electrons. The van der Waals surface area contributed by atoms with Gasteiger partial charge in [-0.1, -0.05) is 45.7 Å². The summed E-state index contributed by atoms with van der Waals surface area (Å²) in [5, 5.41) is 0.393. The first kappa shape index (κ1) is 17.1. The second-order valence-corrected chi connectivity index (χ2v) is 6.79. The minimum atomic E-state index is -0.571. The van der Waals surface area contributed by atoms with Crippen molar-refractivity contribution in [3.8, 4) is 0 Å². The van der Waals surface area contributed by atoms with Crippen molar-refractivity contribution in [1.29, 1.82) is 0 Å². The van der Waals surface area contributed by atoms with Crippen LogP contribution in [0.15, 0.2) is 46.9 Å². The van der Waals surface area contributed by atoms with Crippen LogP contribution >= 0.6 is 50.7 Å². The molecule has 0 saturated heterocycles. The van der Waals surface area contributed by atoms with E-state index in [1.807, 2.05) is 24.3 Å². The maximum Gasteiger partial charge on any atom is 0.127 e. The minimum absolute atomic E-state index is 0.275. The average Bonchev–Trinajstić information content (AvgIpc) is 2.48. The van der Waals surface area contributed by atoms with Gasteiger partial charge in [0.05, 0.1) is 0 Å². The Hall–Kier alpha value is -0.280. The number of hydrogen-bond acceptors (Lipinski definition) is 0. The van der Waals surface area contributed by atoms with Crippen LogP contribution in [0.4, 0.5) is 4.39 Å². The predicted octanol–water partition coefficient (Wildman–Crippen LogP) is 6.20. The summed E-state index contributed by atoms with van der Waals surface area (Å²) in [7, 11) is 0. The molecule has 0 aliphatic heterocycles. The van der Waals surface area contributed by atoms with E-state index in [0.29, 0.717) is 17.0 Å². The molecular formula is C16H13BrCl3F. The lowest BCUT2D eigenvalue weighted by Gasteiger charge is -2.31. The molecule has 0 N–H and O–H groups in total. The van der Waals surface area contributed by atoms with Gasteiger partial charge in [-0.25, -0.2) is 4.39 Å². The highest BCUT2D eigenvalue weighted by Crippen LogP contribution is 2.35. The molecule has 0 amide bonds. The van der Waals surface area contributed by atoms with Crippen LogP contribution in [-0.2, 0) is 11.8 Å². The molecule has 0 aromatic heterocycles. The van der Waals surface area contributed by atoms with E-state index in [2.05, 4.69) is 15.9 Å². The van der Waals surface area contributed by atoms with Crippen LogP contribution in [0.2, 0.25) is 5.02 Å². The van der Waals surface area contributed by atoms with Crippen LogP contribution in [-0.4, -0.2) is 11.8 Å². The molecule has 0 atom stereocenters. The van der Waals surface area contributed by atoms with Gasteiger partial charge in [0.2, 0.25) is 0 Å².